The number of thiophene rings is 1. The van der Waals surface area contributed by atoms with Gasteiger partial charge in [0.05, 0.1) is 5.69 Å². The average Bonchev–Trinajstić information content (AvgIpc) is 3.32. The SMILES string of the molecule is O=C(/C=C/c1ccsc1)N1CCN(Cc2cc(=O)n3ccsc3n2)CC1. The predicted molar refractivity (Wildman–Crippen MR) is 105 cm³/mol. The number of rotatable bonds is 4. The molecule has 1 saturated heterocycles. The van der Waals surface area contributed by atoms with Crippen molar-refractivity contribution < 1.29 is 4.79 Å². The van der Waals surface area contributed by atoms with E-state index in [4.69, 9.17) is 0 Å². The Morgan fingerprint density at radius 3 is 2.85 bits per heavy atom. The van der Waals surface area contributed by atoms with Gasteiger partial charge in [-0.25, -0.2) is 4.98 Å². The molecule has 134 valence electrons. The molecule has 1 aliphatic rings. The first-order valence-corrected chi connectivity index (χ1v) is 10.2. The van der Waals surface area contributed by atoms with E-state index in [1.54, 1.807) is 34.1 Å². The van der Waals surface area contributed by atoms with Gasteiger partial charge in [-0.1, -0.05) is 0 Å². The van der Waals surface area contributed by atoms with Gasteiger partial charge in [-0.2, -0.15) is 11.3 Å². The highest BCUT2D eigenvalue weighted by atomic mass is 32.1. The summed E-state index contributed by atoms with van der Waals surface area (Å²) in [5.74, 6) is 0.0484. The number of nitrogens with zero attached hydrogens (tertiary/aromatic N) is 4. The third-order valence-electron chi connectivity index (χ3n) is 4.39. The van der Waals surface area contributed by atoms with Gasteiger partial charge in [0.25, 0.3) is 5.56 Å². The standard InChI is InChI=1S/C18H18N4O2S2/c23-16(2-1-14-3-9-25-13-14)21-6-4-20(5-7-21)12-15-11-17(24)22-8-10-26-18(22)19-15/h1-3,8-11,13H,4-7,12H2/b2-1+. The fourth-order valence-corrected chi connectivity index (χ4v) is 4.33. The predicted octanol–water partition coefficient (Wildman–Crippen LogP) is 2.18. The zero-order chi connectivity index (χ0) is 17.9. The molecule has 8 heteroatoms. The highest BCUT2D eigenvalue weighted by molar-refractivity contribution is 7.15. The van der Waals surface area contributed by atoms with E-state index in [1.165, 1.54) is 11.3 Å². The molecule has 1 fully saturated rings. The Kier molecular flexibility index (Phi) is 4.96. The lowest BCUT2D eigenvalue weighted by Crippen LogP contribution is -2.48. The van der Waals surface area contributed by atoms with Crippen LogP contribution in [0.1, 0.15) is 11.3 Å². The van der Waals surface area contributed by atoms with Crippen molar-refractivity contribution in [2.75, 3.05) is 26.2 Å². The molecule has 1 amide bonds. The number of carbonyl (C=O) groups is 1. The fraction of sp³-hybridized carbons (Fsp3) is 0.278. The maximum absolute atomic E-state index is 12.3. The van der Waals surface area contributed by atoms with E-state index < -0.39 is 0 Å². The minimum atomic E-state index is -0.0429. The summed E-state index contributed by atoms with van der Waals surface area (Å²) in [6.45, 7) is 3.57. The summed E-state index contributed by atoms with van der Waals surface area (Å²) in [5.41, 5.74) is 1.80. The van der Waals surface area contributed by atoms with Gasteiger partial charge in [0.1, 0.15) is 0 Å². The number of thiazole rings is 1. The molecule has 3 aromatic rings. The largest absolute Gasteiger partial charge is 0.337 e. The van der Waals surface area contributed by atoms with E-state index in [0.29, 0.717) is 19.6 Å². The van der Waals surface area contributed by atoms with Crippen molar-refractivity contribution in [3.8, 4) is 0 Å². The summed E-state index contributed by atoms with van der Waals surface area (Å²) in [5, 5.41) is 5.87. The first-order valence-electron chi connectivity index (χ1n) is 8.36. The van der Waals surface area contributed by atoms with Gasteiger partial charge < -0.3 is 4.90 Å². The molecule has 1 aliphatic heterocycles. The molecule has 0 radical (unpaired) electrons. The highest BCUT2D eigenvalue weighted by Gasteiger charge is 2.20. The summed E-state index contributed by atoms with van der Waals surface area (Å²) in [6, 6.07) is 3.59. The summed E-state index contributed by atoms with van der Waals surface area (Å²) < 4.78 is 1.56. The Morgan fingerprint density at radius 2 is 2.08 bits per heavy atom. The van der Waals surface area contributed by atoms with Crippen molar-refractivity contribution in [2.45, 2.75) is 6.54 Å². The number of hydrogen-bond acceptors (Lipinski definition) is 6. The first-order chi connectivity index (χ1) is 12.7. The van der Waals surface area contributed by atoms with Crippen molar-refractivity contribution in [3.63, 3.8) is 0 Å². The molecule has 26 heavy (non-hydrogen) atoms. The molecule has 0 spiro atoms. The summed E-state index contributed by atoms with van der Waals surface area (Å²) >= 11 is 3.08. The van der Waals surface area contributed by atoms with Crippen molar-refractivity contribution >= 4 is 39.6 Å². The quantitative estimate of drug-likeness (QED) is 0.645. The molecular formula is C18H18N4O2S2. The number of amides is 1. The Bertz CT molecular complexity index is 982. The van der Waals surface area contributed by atoms with E-state index in [-0.39, 0.29) is 11.5 Å². The molecule has 4 rings (SSSR count). The second-order valence-electron chi connectivity index (χ2n) is 6.13. The van der Waals surface area contributed by atoms with Gasteiger partial charge in [0.15, 0.2) is 4.96 Å². The van der Waals surface area contributed by atoms with Crippen molar-refractivity contribution in [1.82, 2.24) is 19.2 Å². The Balaban J connectivity index is 1.34. The van der Waals surface area contributed by atoms with Crippen molar-refractivity contribution in [2.24, 2.45) is 0 Å². The molecular weight excluding hydrogens is 368 g/mol. The monoisotopic (exact) mass is 386 g/mol. The molecule has 0 aromatic carbocycles. The van der Waals surface area contributed by atoms with E-state index in [1.807, 2.05) is 33.2 Å². The minimum Gasteiger partial charge on any atom is -0.337 e. The molecule has 3 aromatic heterocycles. The number of hydrogen-bond donors (Lipinski definition) is 0. The van der Waals surface area contributed by atoms with E-state index >= 15 is 0 Å². The Labute approximate surface area is 158 Å². The summed E-state index contributed by atoms with van der Waals surface area (Å²) in [4.78, 5) is 33.7. The highest BCUT2D eigenvalue weighted by Crippen LogP contribution is 2.11. The maximum Gasteiger partial charge on any atom is 0.258 e. The summed E-state index contributed by atoms with van der Waals surface area (Å²) in [7, 11) is 0. The zero-order valence-electron chi connectivity index (χ0n) is 14.1. The Hall–Kier alpha value is -2.29. The van der Waals surface area contributed by atoms with Gasteiger partial charge >= 0.3 is 0 Å². The second-order valence-corrected chi connectivity index (χ2v) is 7.79. The lowest BCUT2D eigenvalue weighted by molar-refractivity contribution is -0.127. The molecule has 6 nitrogen and oxygen atoms in total. The van der Waals surface area contributed by atoms with Gasteiger partial charge in [-0.3, -0.25) is 18.9 Å². The normalized spacial score (nSPS) is 15.9. The lowest BCUT2D eigenvalue weighted by Gasteiger charge is -2.34. The molecule has 0 N–H and O–H groups in total. The number of aromatic nitrogens is 2. The van der Waals surface area contributed by atoms with Gasteiger partial charge in [0, 0.05) is 56.4 Å². The molecule has 4 heterocycles. The number of fused-ring (bicyclic) bond motifs is 1. The van der Waals surface area contributed by atoms with E-state index in [0.717, 1.165) is 29.3 Å². The van der Waals surface area contributed by atoms with E-state index in [2.05, 4.69) is 9.88 Å². The van der Waals surface area contributed by atoms with Crippen LogP contribution in [0.5, 0.6) is 0 Å². The molecule has 0 saturated carbocycles. The zero-order valence-corrected chi connectivity index (χ0v) is 15.7. The second kappa shape index (κ2) is 7.53. The van der Waals surface area contributed by atoms with Crippen LogP contribution in [0.3, 0.4) is 0 Å². The van der Waals surface area contributed by atoms with Crippen molar-refractivity contribution in [3.05, 3.63) is 62.2 Å². The Morgan fingerprint density at radius 1 is 1.23 bits per heavy atom. The van der Waals surface area contributed by atoms with Crippen LogP contribution >= 0.6 is 22.7 Å². The molecule has 0 bridgehead atoms. The first kappa shape index (κ1) is 17.1. The average molecular weight is 387 g/mol. The fourth-order valence-electron chi connectivity index (χ4n) is 2.97. The van der Waals surface area contributed by atoms with E-state index in [9.17, 15) is 9.59 Å². The smallest absolute Gasteiger partial charge is 0.258 e. The molecule has 0 aliphatic carbocycles. The third kappa shape index (κ3) is 3.77. The van der Waals surface area contributed by atoms with Gasteiger partial charge in [-0.05, 0) is 28.5 Å². The van der Waals surface area contributed by atoms with Crippen LogP contribution < -0.4 is 5.56 Å². The van der Waals surface area contributed by atoms with Crippen LogP contribution in [0.2, 0.25) is 0 Å². The number of carbonyl (C=O) groups excluding carboxylic acids is 1. The molecule has 0 atom stereocenters. The summed E-state index contributed by atoms with van der Waals surface area (Å²) in [6.07, 6.45) is 5.25. The van der Waals surface area contributed by atoms with Crippen LogP contribution in [0, 0.1) is 0 Å². The van der Waals surface area contributed by atoms with Crippen LogP contribution in [-0.4, -0.2) is 51.3 Å². The lowest BCUT2D eigenvalue weighted by atomic mass is 10.2. The minimum absolute atomic E-state index is 0.0429. The van der Waals surface area contributed by atoms with Crippen LogP contribution in [-0.2, 0) is 11.3 Å². The number of piperazine rings is 1. The van der Waals surface area contributed by atoms with Crippen LogP contribution in [0.4, 0.5) is 0 Å². The van der Waals surface area contributed by atoms with Gasteiger partial charge in [-0.15, -0.1) is 11.3 Å². The van der Waals surface area contributed by atoms with Crippen molar-refractivity contribution in [1.29, 1.82) is 0 Å². The molecule has 0 unspecified atom stereocenters. The third-order valence-corrected chi connectivity index (χ3v) is 5.85. The topological polar surface area (TPSA) is 57.9 Å². The van der Waals surface area contributed by atoms with Gasteiger partial charge in [0.2, 0.25) is 5.91 Å². The van der Waals surface area contributed by atoms with Crippen LogP contribution in [0.15, 0.2) is 45.3 Å². The van der Waals surface area contributed by atoms with Crippen LogP contribution in [0.25, 0.3) is 11.0 Å². The maximum atomic E-state index is 12.3.